The number of hydrogen-bond donors (Lipinski definition) is 3. The zero-order chi connectivity index (χ0) is 8.43. The first-order chi connectivity index (χ1) is 5.16. The minimum Gasteiger partial charge on any atom is -0.387 e. The molecule has 0 saturated heterocycles. The van der Waals surface area contributed by atoms with Gasteiger partial charge in [-0.25, -0.2) is 0 Å². The fourth-order valence-electron chi connectivity index (χ4n) is 0.752. The van der Waals surface area contributed by atoms with Gasteiger partial charge in [0.15, 0.2) is 11.5 Å². The van der Waals surface area contributed by atoms with Crippen molar-refractivity contribution >= 4 is 23.9 Å². The van der Waals surface area contributed by atoms with E-state index in [0.717, 1.165) is 0 Å². The van der Waals surface area contributed by atoms with Gasteiger partial charge in [-0.05, 0) is 12.1 Å². The topological polar surface area (TPSA) is 104 Å². The van der Waals surface area contributed by atoms with Crippen LogP contribution in [-0.4, -0.2) is 15.3 Å². The summed E-state index contributed by atoms with van der Waals surface area (Å²) in [5, 5.41) is 17.6. The van der Waals surface area contributed by atoms with E-state index in [1.807, 2.05) is 0 Å². The van der Waals surface area contributed by atoms with E-state index >= 15 is 0 Å². The van der Waals surface area contributed by atoms with Gasteiger partial charge in [0, 0.05) is 0 Å². The lowest BCUT2D eigenvalue weighted by atomic mass is 10.2. The van der Waals surface area contributed by atoms with E-state index in [9.17, 15) is 4.91 Å². The highest BCUT2D eigenvalue weighted by Crippen LogP contribution is 2.27. The molecule has 1 aromatic rings. The maximum absolute atomic E-state index is 10.1. The average Bonchev–Trinajstić information content (AvgIpc) is 2.30. The van der Waals surface area contributed by atoms with Gasteiger partial charge in [-0.3, -0.25) is 5.10 Å². The summed E-state index contributed by atoms with van der Waals surface area (Å²) in [5.41, 5.74) is 5.48. The number of aromatic nitrogens is 2. The van der Waals surface area contributed by atoms with E-state index in [1.54, 1.807) is 0 Å². The van der Waals surface area contributed by atoms with Gasteiger partial charge in [-0.2, -0.15) is 5.10 Å². The number of nitrogen functional groups attached to an aromatic ring is 1. The number of aliphatic hydroxyl groups is 1. The number of hydrogen-bond acceptors (Lipinski definition) is 5. The molecule has 0 fully saturated rings. The Morgan fingerprint density at radius 2 is 2.33 bits per heavy atom. The summed E-state index contributed by atoms with van der Waals surface area (Å²) in [7, 11) is 0. The average molecular weight is 193 g/mol. The quantitative estimate of drug-likeness (QED) is 0.605. The molecule has 0 aromatic carbocycles. The van der Waals surface area contributed by atoms with Crippen LogP contribution in [-0.2, 0) is 0 Å². The van der Waals surface area contributed by atoms with Crippen molar-refractivity contribution in [3.8, 4) is 0 Å². The van der Waals surface area contributed by atoms with Crippen molar-refractivity contribution in [3.63, 3.8) is 0 Å². The molecule has 0 spiro atoms. The van der Waals surface area contributed by atoms with Crippen LogP contribution in [0.1, 0.15) is 18.7 Å². The van der Waals surface area contributed by atoms with Crippen LogP contribution in [0.25, 0.3) is 0 Å². The summed E-state index contributed by atoms with van der Waals surface area (Å²) in [6.45, 7) is 1.49. The summed E-state index contributed by atoms with van der Waals surface area (Å²) in [4.78, 5) is 10.1. The standard InChI is InChI=1S/C5H8N4O2.ClH/c1-2(10)3-4(9-11)5(6)8-7-3;/h2,10H,1H3,(H3,6,7,8);1H. The molecule has 1 aromatic heterocycles. The van der Waals surface area contributed by atoms with E-state index in [1.165, 1.54) is 6.92 Å². The van der Waals surface area contributed by atoms with Crippen LogP contribution in [0.3, 0.4) is 0 Å². The van der Waals surface area contributed by atoms with Crippen LogP contribution in [0, 0.1) is 4.91 Å². The van der Waals surface area contributed by atoms with Gasteiger partial charge in [-0.15, -0.1) is 17.3 Å². The first-order valence-corrected chi connectivity index (χ1v) is 3.02. The van der Waals surface area contributed by atoms with Crippen molar-refractivity contribution in [3.05, 3.63) is 10.6 Å². The van der Waals surface area contributed by atoms with Crippen molar-refractivity contribution in [2.24, 2.45) is 5.18 Å². The molecule has 12 heavy (non-hydrogen) atoms. The molecule has 0 radical (unpaired) electrons. The molecule has 1 unspecified atom stereocenters. The SMILES string of the molecule is CC(O)c1[nH]nc(N)c1N=O.Cl. The number of H-pyrrole nitrogens is 1. The smallest absolute Gasteiger partial charge is 0.175 e. The molecule has 68 valence electrons. The molecule has 7 heteroatoms. The molecule has 0 amide bonds. The lowest BCUT2D eigenvalue weighted by Crippen LogP contribution is -1.91. The highest BCUT2D eigenvalue weighted by Gasteiger charge is 2.14. The van der Waals surface area contributed by atoms with Gasteiger partial charge in [0.2, 0.25) is 0 Å². The van der Waals surface area contributed by atoms with Crippen LogP contribution in [0.15, 0.2) is 5.18 Å². The van der Waals surface area contributed by atoms with Crippen LogP contribution in [0.4, 0.5) is 11.5 Å². The number of nitroso groups, excluding NO2 is 1. The van der Waals surface area contributed by atoms with Crippen molar-refractivity contribution < 1.29 is 5.11 Å². The van der Waals surface area contributed by atoms with E-state index in [2.05, 4.69) is 15.4 Å². The van der Waals surface area contributed by atoms with Crippen molar-refractivity contribution in [1.82, 2.24) is 10.2 Å². The number of nitrogens with zero attached hydrogens (tertiary/aromatic N) is 2. The van der Waals surface area contributed by atoms with Crippen LogP contribution in [0.5, 0.6) is 0 Å². The van der Waals surface area contributed by atoms with Crippen LogP contribution < -0.4 is 5.73 Å². The predicted molar refractivity (Wildman–Crippen MR) is 46.3 cm³/mol. The largest absolute Gasteiger partial charge is 0.387 e. The lowest BCUT2D eigenvalue weighted by molar-refractivity contribution is 0.195. The Hall–Kier alpha value is -1.14. The minimum atomic E-state index is -0.813. The van der Waals surface area contributed by atoms with E-state index in [4.69, 9.17) is 10.8 Å². The van der Waals surface area contributed by atoms with E-state index in [-0.39, 0.29) is 29.6 Å². The summed E-state index contributed by atoms with van der Waals surface area (Å²) in [6, 6.07) is 0. The zero-order valence-corrected chi connectivity index (χ0v) is 7.13. The summed E-state index contributed by atoms with van der Waals surface area (Å²) < 4.78 is 0. The lowest BCUT2D eigenvalue weighted by Gasteiger charge is -1.98. The predicted octanol–water partition coefficient (Wildman–Crippen LogP) is 0.865. The molecular formula is C5H9ClN4O2. The molecule has 0 aliphatic rings. The van der Waals surface area contributed by atoms with E-state index < -0.39 is 6.10 Å². The third-order valence-corrected chi connectivity index (χ3v) is 1.30. The fourth-order valence-corrected chi connectivity index (χ4v) is 0.752. The van der Waals surface area contributed by atoms with Crippen molar-refractivity contribution in [1.29, 1.82) is 0 Å². The monoisotopic (exact) mass is 192 g/mol. The fraction of sp³-hybridized carbons (Fsp3) is 0.400. The van der Waals surface area contributed by atoms with Crippen molar-refractivity contribution in [2.45, 2.75) is 13.0 Å². The summed E-state index contributed by atoms with van der Waals surface area (Å²) >= 11 is 0. The van der Waals surface area contributed by atoms with Gasteiger partial charge in [0.1, 0.15) is 0 Å². The zero-order valence-electron chi connectivity index (χ0n) is 6.31. The van der Waals surface area contributed by atoms with Gasteiger partial charge >= 0.3 is 0 Å². The number of aliphatic hydroxyl groups excluding tert-OH is 1. The Morgan fingerprint density at radius 3 is 2.67 bits per heavy atom. The molecule has 1 rings (SSSR count). The summed E-state index contributed by atoms with van der Waals surface area (Å²) in [6.07, 6.45) is -0.813. The van der Waals surface area contributed by atoms with Crippen molar-refractivity contribution in [2.75, 3.05) is 5.73 Å². The second-order valence-electron chi connectivity index (χ2n) is 2.14. The first-order valence-electron chi connectivity index (χ1n) is 3.02. The highest BCUT2D eigenvalue weighted by atomic mass is 35.5. The van der Waals surface area contributed by atoms with Gasteiger partial charge in [-0.1, -0.05) is 0 Å². The highest BCUT2D eigenvalue weighted by molar-refractivity contribution is 5.85. The second kappa shape index (κ2) is 4.03. The molecule has 0 aliphatic heterocycles. The van der Waals surface area contributed by atoms with Gasteiger partial charge in [0.25, 0.3) is 0 Å². The Morgan fingerprint density at radius 1 is 1.75 bits per heavy atom. The molecule has 1 heterocycles. The molecule has 0 saturated carbocycles. The molecule has 1 atom stereocenters. The number of aromatic amines is 1. The molecule has 6 nitrogen and oxygen atoms in total. The number of rotatable bonds is 2. The third-order valence-electron chi connectivity index (χ3n) is 1.30. The van der Waals surface area contributed by atoms with Crippen LogP contribution in [0.2, 0.25) is 0 Å². The maximum Gasteiger partial charge on any atom is 0.175 e. The second-order valence-corrected chi connectivity index (χ2v) is 2.14. The van der Waals surface area contributed by atoms with E-state index in [0.29, 0.717) is 0 Å². The number of anilines is 1. The Bertz CT molecular complexity index is 272. The minimum absolute atomic E-state index is 0. The van der Waals surface area contributed by atoms with Gasteiger partial charge < -0.3 is 10.8 Å². The first kappa shape index (κ1) is 10.9. The van der Waals surface area contributed by atoms with Crippen LogP contribution >= 0.6 is 12.4 Å². The molecule has 0 bridgehead atoms. The number of nitrogens with two attached hydrogens (primary N) is 1. The number of nitrogens with one attached hydrogen (secondary N) is 1. The Kier molecular flexibility index (Phi) is 3.65. The maximum atomic E-state index is 10.1. The molecular weight excluding hydrogens is 184 g/mol. The Balaban J connectivity index is 0.00000121. The summed E-state index contributed by atoms with van der Waals surface area (Å²) in [5.74, 6) is 0.0101. The van der Waals surface area contributed by atoms with Gasteiger partial charge in [0.05, 0.1) is 11.8 Å². The third kappa shape index (κ3) is 1.72. The normalized spacial score (nSPS) is 11.8. The number of halogens is 1. The molecule has 4 N–H and O–H groups in total. The molecule has 0 aliphatic carbocycles. The Labute approximate surface area is 74.5 Å².